The summed E-state index contributed by atoms with van der Waals surface area (Å²) in [6, 6.07) is 4.06. The van der Waals surface area contributed by atoms with E-state index in [1.807, 2.05) is 83.1 Å². The lowest BCUT2D eigenvalue weighted by Gasteiger charge is -2.32. The topological polar surface area (TPSA) is 131 Å². The van der Waals surface area contributed by atoms with E-state index in [0.717, 1.165) is 30.2 Å². The number of hydrogen-bond donors (Lipinski definition) is 1. The molecule has 3 aliphatic heterocycles. The van der Waals surface area contributed by atoms with Gasteiger partial charge < -0.3 is 38.1 Å². The normalized spacial score (nSPS) is 23.7. The predicted octanol–water partition coefficient (Wildman–Crippen LogP) is 6.91. The van der Waals surface area contributed by atoms with Gasteiger partial charge in [0.2, 0.25) is 0 Å². The second kappa shape index (κ2) is 15.8. The first-order valence-corrected chi connectivity index (χ1v) is 20.3. The van der Waals surface area contributed by atoms with Crippen LogP contribution >= 0.6 is 39.1 Å². The summed E-state index contributed by atoms with van der Waals surface area (Å²) in [5.74, 6) is -0.255. The Morgan fingerprint density at radius 2 is 1.11 bits per heavy atom. The zero-order valence-corrected chi connectivity index (χ0v) is 37.4. The van der Waals surface area contributed by atoms with Crippen molar-refractivity contribution in [3.05, 3.63) is 50.4 Å². The van der Waals surface area contributed by atoms with Crippen LogP contribution in [0.15, 0.2) is 29.0 Å². The van der Waals surface area contributed by atoms with Gasteiger partial charge in [0.05, 0.1) is 44.7 Å². The molecule has 55 heavy (non-hydrogen) atoms. The van der Waals surface area contributed by atoms with Crippen LogP contribution in [0.5, 0.6) is 0 Å². The fourth-order valence-electron chi connectivity index (χ4n) is 5.61. The highest BCUT2D eigenvalue weighted by atomic mass is 79.9. The molecule has 3 saturated heterocycles. The van der Waals surface area contributed by atoms with Gasteiger partial charge in [-0.1, -0.05) is 23.2 Å². The Kier molecular flexibility index (Phi) is 12.7. The highest BCUT2D eigenvalue weighted by molar-refractivity contribution is 9.10. The van der Waals surface area contributed by atoms with E-state index in [1.54, 1.807) is 36.5 Å². The number of aromatic nitrogens is 2. The van der Waals surface area contributed by atoms with E-state index in [2.05, 4.69) is 31.2 Å². The Morgan fingerprint density at radius 3 is 1.55 bits per heavy atom. The van der Waals surface area contributed by atoms with Crippen LogP contribution in [0.1, 0.15) is 129 Å². The van der Waals surface area contributed by atoms with Gasteiger partial charge in [-0.3, -0.25) is 9.59 Å². The summed E-state index contributed by atoms with van der Waals surface area (Å²) in [4.78, 5) is 34.0. The highest BCUT2D eigenvalue weighted by Gasteiger charge is 2.63. The SMILES string of the molecule is CC1(C)OB(B2OC(C)(C)C(C)(C)O2)OC1(C)C.CN(C(=O)c1cc(B2OC(C)(C)C(C)(C)O2)cnc1Cl)C1CC1.O=C(NC1CC1)c1cc(Br)cnc1Cl. The van der Waals surface area contributed by atoms with E-state index in [0.29, 0.717) is 28.7 Å². The minimum Gasteiger partial charge on any atom is -0.405 e. The van der Waals surface area contributed by atoms with Crippen molar-refractivity contribution >= 4 is 77.5 Å². The van der Waals surface area contributed by atoms with E-state index in [9.17, 15) is 9.59 Å². The van der Waals surface area contributed by atoms with Crippen molar-refractivity contribution in [2.45, 2.75) is 154 Å². The Morgan fingerprint density at radius 1 is 0.691 bits per heavy atom. The molecule has 300 valence electrons. The summed E-state index contributed by atoms with van der Waals surface area (Å²) in [5, 5.41) is 3.31. The summed E-state index contributed by atoms with van der Waals surface area (Å²) >= 11 is 15.2. The molecule has 2 amide bonds. The molecule has 5 heterocycles. The number of rotatable bonds is 6. The number of pyridine rings is 2. The molecule has 2 aromatic rings. The van der Waals surface area contributed by atoms with E-state index >= 15 is 0 Å². The van der Waals surface area contributed by atoms with Crippen molar-refractivity contribution in [2.24, 2.45) is 0 Å². The number of amides is 2. The maximum absolute atomic E-state index is 12.6. The fourth-order valence-corrected chi connectivity index (χ4v) is 6.32. The van der Waals surface area contributed by atoms with Gasteiger partial charge >= 0.3 is 21.1 Å². The number of halogens is 3. The minimum atomic E-state index is -0.553. The molecule has 7 rings (SSSR count). The third-order valence-electron chi connectivity index (χ3n) is 11.8. The molecule has 2 saturated carbocycles. The number of carbonyl (C=O) groups excluding carboxylic acids is 2. The number of carbonyl (C=O) groups is 2. The number of hydrogen-bond acceptors (Lipinski definition) is 10. The van der Waals surface area contributed by atoms with Gasteiger partial charge in [0.15, 0.2) is 0 Å². The Balaban J connectivity index is 0.000000163. The first-order chi connectivity index (χ1) is 25.2. The van der Waals surface area contributed by atoms with Gasteiger partial charge in [-0.15, -0.1) is 0 Å². The Labute approximate surface area is 345 Å². The molecule has 0 unspecified atom stereocenters. The molecule has 12 nitrogen and oxygen atoms in total. The Hall–Kier alpha value is -1.75. The van der Waals surface area contributed by atoms with Crippen molar-refractivity contribution in [2.75, 3.05) is 7.05 Å². The molecule has 0 radical (unpaired) electrons. The zero-order valence-electron chi connectivity index (χ0n) is 34.3. The van der Waals surface area contributed by atoms with Gasteiger partial charge in [-0.2, -0.15) is 0 Å². The van der Waals surface area contributed by atoms with Crippen LogP contribution in [0, 0.1) is 0 Å². The third kappa shape index (κ3) is 9.93. The van der Waals surface area contributed by atoms with Crippen LogP contribution in [0.2, 0.25) is 10.3 Å². The molecule has 0 bridgehead atoms. The molecule has 2 aliphatic carbocycles. The van der Waals surface area contributed by atoms with E-state index in [-0.39, 0.29) is 44.5 Å². The molecular formula is C37H54B3BrCl2N4O8. The molecule has 18 heteroatoms. The maximum atomic E-state index is 12.6. The van der Waals surface area contributed by atoms with Crippen LogP contribution < -0.4 is 10.8 Å². The van der Waals surface area contributed by atoms with Crippen LogP contribution in [0.4, 0.5) is 0 Å². The maximum Gasteiger partial charge on any atom is 0.496 e. The van der Waals surface area contributed by atoms with Crippen molar-refractivity contribution in [1.82, 2.24) is 20.2 Å². The van der Waals surface area contributed by atoms with E-state index < -0.39 is 32.3 Å². The summed E-state index contributed by atoms with van der Waals surface area (Å²) < 4.78 is 36.6. The molecule has 0 spiro atoms. The second-order valence-corrected chi connectivity index (χ2v) is 19.5. The molecule has 5 fully saturated rings. The smallest absolute Gasteiger partial charge is 0.405 e. The first kappa shape index (κ1) is 44.4. The van der Waals surface area contributed by atoms with Gasteiger partial charge in [0.25, 0.3) is 11.8 Å². The largest absolute Gasteiger partial charge is 0.496 e. The number of nitrogens with one attached hydrogen (secondary N) is 1. The summed E-state index contributed by atoms with van der Waals surface area (Å²) in [7, 11) is 0.298. The monoisotopic (exact) mass is 864 g/mol. The molecule has 2 aromatic heterocycles. The molecule has 0 atom stereocenters. The standard InChI is InChI=1S/C16H22BClN2O3.C12H24B2O4.C9H8BrClN2O/c1-15(2)16(3,4)23-17(22-15)10-8-12(13(18)19-9-10)14(21)20(5)11-6-7-11;1-9(2)10(3,4)16-13(15-9)14-17-11(5,6)12(7,8)18-14;10-5-3-7(8(11)12-4-5)9(14)13-6-1-2-6/h8-9,11H,6-7H2,1-5H3;1-8H3;3-4,6H,1-2H2,(H,13,14). The number of nitrogens with zero attached hydrogens (tertiary/aromatic N) is 3. The average Bonchev–Trinajstić information content (AvgIpc) is 3.99. The summed E-state index contributed by atoms with van der Waals surface area (Å²) in [6.45, 7) is 24.2. The second-order valence-electron chi connectivity index (χ2n) is 17.8. The lowest BCUT2D eigenvalue weighted by atomic mass is 9.49. The molecule has 0 aromatic carbocycles. The van der Waals surface area contributed by atoms with Crippen molar-refractivity contribution < 1.29 is 37.5 Å². The van der Waals surface area contributed by atoms with Gasteiger partial charge in [0, 0.05) is 41.5 Å². The van der Waals surface area contributed by atoms with Crippen molar-refractivity contribution in [1.29, 1.82) is 0 Å². The van der Waals surface area contributed by atoms with Crippen LogP contribution in [-0.4, -0.2) is 101 Å². The van der Waals surface area contributed by atoms with Crippen molar-refractivity contribution in [3.63, 3.8) is 0 Å². The zero-order chi connectivity index (χ0) is 41.1. The third-order valence-corrected chi connectivity index (χ3v) is 12.8. The lowest BCUT2D eigenvalue weighted by molar-refractivity contribution is 0.00578. The summed E-state index contributed by atoms with van der Waals surface area (Å²) in [6.07, 6.45) is 7.39. The van der Waals surface area contributed by atoms with E-state index in [1.165, 1.54) is 0 Å². The lowest BCUT2D eigenvalue weighted by Crippen LogP contribution is -2.41. The van der Waals surface area contributed by atoms with Crippen LogP contribution in [0.3, 0.4) is 0 Å². The van der Waals surface area contributed by atoms with Crippen LogP contribution in [-0.2, 0) is 27.9 Å². The van der Waals surface area contributed by atoms with Gasteiger partial charge in [-0.05, 0) is 137 Å². The molecule has 5 aliphatic rings. The molecular weight excluding hydrogens is 812 g/mol. The van der Waals surface area contributed by atoms with Gasteiger partial charge in [0.1, 0.15) is 10.3 Å². The predicted molar refractivity (Wildman–Crippen MR) is 220 cm³/mol. The van der Waals surface area contributed by atoms with E-state index in [4.69, 9.17) is 51.1 Å². The highest BCUT2D eigenvalue weighted by Crippen LogP contribution is 2.43. The van der Waals surface area contributed by atoms with Gasteiger partial charge in [-0.25, -0.2) is 9.97 Å². The average molecular weight is 866 g/mol. The fraction of sp³-hybridized carbons (Fsp3) is 0.676. The first-order valence-electron chi connectivity index (χ1n) is 18.8. The quantitative estimate of drug-likeness (QED) is 0.242. The Bertz CT molecular complexity index is 1700. The summed E-state index contributed by atoms with van der Waals surface area (Å²) in [5.41, 5.74) is -0.786. The minimum absolute atomic E-state index is 0.108. The van der Waals surface area contributed by atoms with Crippen molar-refractivity contribution in [3.8, 4) is 0 Å². The molecule has 1 N–H and O–H groups in total. The van der Waals surface area contributed by atoms with Crippen LogP contribution in [0.25, 0.3) is 0 Å².